The summed E-state index contributed by atoms with van der Waals surface area (Å²) in [5.41, 5.74) is -0.189. The third-order valence-corrected chi connectivity index (χ3v) is 3.57. The van der Waals surface area contributed by atoms with E-state index in [-0.39, 0.29) is 5.56 Å². The number of rotatable bonds is 1. The van der Waals surface area contributed by atoms with E-state index in [9.17, 15) is 17.6 Å². The molecule has 0 amide bonds. The quantitative estimate of drug-likeness (QED) is 0.806. The van der Waals surface area contributed by atoms with Gasteiger partial charge in [-0.05, 0) is 24.3 Å². The minimum atomic E-state index is -4.46. The van der Waals surface area contributed by atoms with E-state index in [4.69, 9.17) is 4.74 Å². The third kappa shape index (κ3) is 2.78. The molecule has 0 aliphatic carbocycles. The van der Waals surface area contributed by atoms with E-state index in [0.717, 1.165) is 12.1 Å². The summed E-state index contributed by atoms with van der Waals surface area (Å²) in [7, 11) is 0. The number of fused-ring (bicyclic) bond motifs is 1. The van der Waals surface area contributed by atoms with Crippen LogP contribution in [-0.4, -0.2) is 13.2 Å². The Labute approximate surface area is 124 Å². The van der Waals surface area contributed by atoms with Crippen LogP contribution in [0.15, 0.2) is 42.5 Å². The molecule has 1 unspecified atom stereocenters. The molecule has 2 nitrogen and oxygen atoms in total. The zero-order valence-corrected chi connectivity index (χ0v) is 11.5. The second-order valence-corrected chi connectivity index (χ2v) is 5.01. The van der Waals surface area contributed by atoms with Gasteiger partial charge >= 0.3 is 6.18 Å². The topological polar surface area (TPSA) is 21.3 Å². The monoisotopic (exact) mass is 311 g/mol. The molecular formula is C16H13F4NO. The molecule has 1 N–H and O–H groups in total. The van der Waals surface area contributed by atoms with E-state index in [0.29, 0.717) is 24.5 Å². The number of nitrogens with one attached hydrogen (secondary N) is 1. The molecule has 0 radical (unpaired) electrons. The van der Waals surface area contributed by atoms with Gasteiger partial charge in [0.1, 0.15) is 18.2 Å². The van der Waals surface area contributed by atoms with Gasteiger partial charge in [-0.15, -0.1) is 0 Å². The van der Waals surface area contributed by atoms with Crippen LogP contribution in [0.5, 0.6) is 5.75 Å². The molecular weight excluding hydrogens is 298 g/mol. The second-order valence-electron chi connectivity index (χ2n) is 5.01. The zero-order chi connectivity index (χ0) is 15.7. The zero-order valence-electron chi connectivity index (χ0n) is 11.5. The Kier molecular flexibility index (Phi) is 3.78. The Hall–Kier alpha value is -2.08. The molecule has 22 heavy (non-hydrogen) atoms. The highest BCUT2D eigenvalue weighted by atomic mass is 19.4. The van der Waals surface area contributed by atoms with Gasteiger partial charge in [-0.3, -0.25) is 0 Å². The normalized spacial score (nSPS) is 18.3. The van der Waals surface area contributed by atoms with E-state index >= 15 is 0 Å². The highest BCUT2D eigenvalue weighted by Gasteiger charge is 2.33. The predicted molar refractivity (Wildman–Crippen MR) is 73.2 cm³/mol. The van der Waals surface area contributed by atoms with Crippen molar-refractivity contribution in [2.75, 3.05) is 13.2 Å². The third-order valence-electron chi connectivity index (χ3n) is 3.57. The molecule has 0 spiro atoms. The van der Waals surface area contributed by atoms with E-state index in [2.05, 4.69) is 5.32 Å². The van der Waals surface area contributed by atoms with Gasteiger partial charge in [0, 0.05) is 17.7 Å². The van der Waals surface area contributed by atoms with Crippen molar-refractivity contribution in [1.29, 1.82) is 0 Å². The van der Waals surface area contributed by atoms with Crippen LogP contribution in [0.4, 0.5) is 17.6 Å². The molecule has 2 aromatic rings. The summed E-state index contributed by atoms with van der Waals surface area (Å²) >= 11 is 0. The molecule has 116 valence electrons. The molecule has 3 rings (SSSR count). The van der Waals surface area contributed by atoms with E-state index < -0.39 is 23.6 Å². The molecule has 6 heteroatoms. The van der Waals surface area contributed by atoms with Gasteiger partial charge in [0.05, 0.1) is 11.6 Å². The Morgan fingerprint density at radius 1 is 1.05 bits per heavy atom. The lowest BCUT2D eigenvalue weighted by atomic mass is 9.95. The van der Waals surface area contributed by atoms with Crippen LogP contribution >= 0.6 is 0 Å². The molecule has 1 aliphatic heterocycles. The first-order valence-corrected chi connectivity index (χ1v) is 6.78. The van der Waals surface area contributed by atoms with Gasteiger partial charge in [0.15, 0.2) is 0 Å². The maximum absolute atomic E-state index is 14.0. The summed E-state index contributed by atoms with van der Waals surface area (Å²) in [5.74, 6) is -0.128. The largest absolute Gasteiger partial charge is 0.492 e. The van der Waals surface area contributed by atoms with E-state index in [1.807, 2.05) is 0 Å². The minimum absolute atomic E-state index is 0.289. The molecule has 1 heterocycles. The number of hydrogen-bond acceptors (Lipinski definition) is 2. The molecule has 0 saturated heterocycles. The number of halogens is 4. The predicted octanol–water partition coefficient (Wildman–Crippen LogP) is 3.92. The first-order valence-electron chi connectivity index (χ1n) is 6.78. The Bertz CT molecular complexity index is 684. The number of ether oxygens (including phenoxy) is 1. The second kappa shape index (κ2) is 5.61. The van der Waals surface area contributed by atoms with E-state index in [1.54, 1.807) is 18.2 Å². The van der Waals surface area contributed by atoms with Crippen LogP contribution < -0.4 is 10.1 Å². The fourth-order valence-electron chi connectivity index (χ4n) is 2.54. The van der Waals surface area contributed by atoms with Gasteiger partial charge in [-0.25, -0.2) is 4.39 Å². The van der Waals surface area contributed by atoms with Crippen LogP contribution in [0.3, 0.4) is 0 Å². The van der Waals surface area contributed by atoms with Crippen LogP contribution in [0, 0.1) is 5.82 Å². The number of benzene rings is 2. The molecule has 1 aliphatic rings. The van der Waals surface area contributed by atoms with Gasteiger partial charge in [0.25, 0.3) is 0 Å². The fraction of sp³-hybridized carbons (Fsp3) is 0.250. The van der Waals surface area contributed by atoms with Gasteiger partial charge in [-0.2, -0.15) is 13.2 Å². The molecule has 0 bridgehead atoms. The Morgan fingerprint density at radius 3 is 2.55 bits per heavy atom. The highest BCUT2D eigenvalue weighted by Crippen LogP contribution is 2.38. The summed E-state index contributed by atoms with van der Waals surface area (Å²) in [6.07, 6.45) is -4.46. The van der Waals surface area contributed by atoms with Crippen LogP contribution in [0.1, 0.15) is 22.7 Å². The Morgan fingerprint density at radius 2 is 1.82 bits per heavy atom. The molecule has 0 saturated carbocycles. The molecule has 2 aromatic carbocycles. The maximum atomic E-state index is 14.0. The average Bonchev–Trinajstić information content (AvgIpc) is 2.68. The van der Waals surface area contributed by atoms with Gasteiger partial charge in [-0.1, -0.05) is 18.2 Å². The maximum Gasteiger partial charge on any atom is 0.416 e. The van der Waals surface area contributed by atoms with Crippen LogP contribution in [0.2, 0.25) is 0 Å². The summed E-state index contributed by atoms with van der Waals surface area (Å²) < 4.78 is 58.3. The molecule has 1 atom stereocenters. The first kappa shape index (κ1) is 14.8. The lowest BCUT2D eigenvalue weighted by Gasteiger charge is -2.20. The van der Waals surface area contributed by atoms with Crippen molar-refractivity contribution in [3.05, 3.63) is 65.0 Å². The molecule has 0 aromatic heterocycles. The fourth-order valence-corrected chi connectivity index (χ4v) is 2.54. The van der Waals surface area contributed by atoms with Crippen molar-refractivity contribution < 1.29 is 22.3 Å². The first-order chi connectivity index (χ1) is 10.5. The van der Waals surface area contributed by atoms with Crippen molar-refractivity contribution in [3.8, 4) is 5.75 Å². The van der Waals surface area contributed by atoms with Crippen molar-refractivity contribution in [2.24, 2.45) is 0 Å². The highest BCUT2D eigenvalue weighted by molar-refractivity contribution is 5.45. The van der Waals surface area contributed by atoms with Crippen molar-refractivity contribution in [1.82, 2.24) is 5.32 Å². The molecule has 0 fully saturated rings. The Balaban J connectivity index is 2.13. The number of hydrogen-bond donors (Lipinski definition) is 1. The lowest BCUT2D eigenvalue weighted by molar-refractivity contribution is -0.137. The van der Waals surface area contributed by atoms with Gasteiger partial charge < -0.3 is 10.1 Å². The van der Waals surface area contributed by atoms with Crippen molar-refractivity contribution in [3.63, 3.8) is 0 Å². The average molecular weight is 311 g/mol. The summed E-state index contributed by atoms with van der Waals surface area (Å²) in [4.78, 5) is 0. The summed E-state index contributed by atoms with van der Waals surface area (Å²) in [6.45, 7) is 0.721. The van der Waals surface area contributed by atoms with Crippen LogP contribution in [0.25, 0.3) is 0 Å². The standard InChI is InChI=1S/C16H13F4NO/c17-13-4-2-1-3-11(13)15-12-9-10(16(18,19)20)5-6-14(12)22-8-7-21-15/h1-6,9,15,21H,7-8H2. The summed E-state index contributed by atoms with van der Waals surface area (Å²) in [5, 5.41) is 3.04. The summed E-state index contributed by atoms with van der Waals surface area (Å²) in [6, 6.07) is 8.64. The lowest BCUT2D eigenvalue weighted by Crippen LogP contribution is -2.24. The minimum Gasteiger partial charge on any atom is -0.492 e. The SMILES string of the molecule is Fc1ccccc1C1NCCOc2ccc(C(F)(F)F)cc21. The van der Waals surface area contributed by atoms with Crippen molar-refractivity contribution in [2.45, 2.75) is 12.2 Å². The van der Waals surface area contributed by atoms with Gasteiger partial charge in [0.2, 0.25) is 0 Å². The number of alkyl halides is 3. The smallest absolute Gasteiger partial charge is 0.416 e. The van der Waals surface area contributed by atoms with E-state index in [1.165, 1.54) is 12.1 Å². The van der Waals surface area contributed by atoms with Crippen LogP contribution in [-0.2, 0) is 6.18 Å². The van der Waals surface area contributed by atoms with Crippen molar-refractivity contribution >= 4 is 0 Å².